The van der Waals surface area contributed by atoms with Crippen LogP contribution in [-0.2, 0) is 33.9 Å². The minimum Gasteiger partial charge on any atom is -0.458 e. The second-order valence-corrected chi connectivity index (χ2v) is 10.8. The average molecular weight is 564 g/mol. The van der Waals surface area contributed by atoms with Gasteiger partial charge >= 0.3 is 39.5 Å². The maximum Gasteiger partial charge on any atom is 0.432 e. The van der Waals surface area contributed by atoms with Crippen molar-refractivity contribution in [3.05, 3.63) is 48.0 Å². The van der Waals surface area contributed by atoms with Crippen molar-refractivity contribution >= 4 is 38.8 Å². The van der Waals surface area contributed by atoms with Gasteiger partial charge < -0.3 is 14.2 Å². The predicted octanol–water partition coefficient (Wildman–Crippen LogP) is 3.13. The molecule has 5 rings (SSSR count). The molecule has 2 saturated carbocycles. The van der Waals surface area contributed by atoms with E-state index >= 15 is 0 Å². The molecule has 7 unspecified atom stereocenters. The highest BCUT2D eigenvalue weighted by atomic mass is 32.2. The van der Waals surface area contributed by atoms with Crippen LogP contribution in [0.15, 0.2) is 42.5 Å². The summed E-state index contributed by atoms with van der Waals surface area (Å²) in [6, 6.07) is 11.7. The van der Waals surface area contributed by atoms with E-state index in [1.54, 1.807) is 30.3 Å². The number of hydrogen-bond acceptors (Lipinski definition) is 8. The molecule has 0 spiro atoms. The molecule has 2 aromatic carbocycles. The van der Waals surface area contributed by atoms with Crippen LogP contribution in [0.1, 0.15) is 16.8 Å². The third-order valence-corrected chi connectivity index (χ3v) is 8.13. The molecule has 7 atom stereocenters. The van der Waals surface area contributed by atoms with Crippen molar-refractivity contribution in [2.75, 3.05) is 0 Å². The lowest BCUT2D eigenvalue weighted by molar-refractivity contribution is -0.261. The third-order valence-electron chi connectivity index (χ3n) is 7.23. The smallest absolute Gasteiger partial charge is 0.432 e. The molecule has 3 aliphatic rings. The second-order valence-electron chi connectivity index (χ2n) is 9.34. The monoisotopic (exact) mass is 564 g/mol. The van der Waals surface area contributed by atoms with Gasteiger partial charge in [0.05, 0.1) is 17.4 Å². The maximum atomic E-state index is 13.9. The quantitative estimate of drug-likeness (QED) is 0.243. The number of rotatable bonds is 6. The molecule has 1 N–H and O–H groups in total. The highest BCUT2D eigenvalue weighted by Crippen LogP contribution is 2.59. The highest BCUT2D eigenvalue weighted by molar-refractivity contribution is 7.86. The first-order valence-electron chi connectivity index (χ1n) is 11.1. The Kier molecular flexibility index (Phi) is 5.94. The van der Waals surface area contributed by atoms with Crippen LogP contribution in [0.2, 0.25) is 0 Å². The van der Waals surface area contributed by atoms with Crippen molar-refractivity contribution in [3.63, 3.8) is 0 Å². The summed E-state index contributed by atoms with van der Waals surface area (Å²) in [5.41, 5.74) is 0.0939. The van der Waals surface area contributed by atoms with E-state index in [9.17, 15) is 44.8 Å². The van der Waals surface area contributed by atoms with Gasteiger partial charge in [0.1, 0.15) is 12.2 Å². The number of carbonyl (C=O) groups is 3. The molecule has 15 heteroatoms. The van der Waals surface area contributed by atoms with Gasteiger partial charge in [-0.15, -0.1) is 0 Å². The van der Waals surface area contributed by atoms with Crippen LogP contribution in [-0.4, -0.2) is 60.6 Å². The van der Waals surface area contributed by atoms with E-state index < -0.39 is 81.4 Å². The van der Waals surface area contributed by atoms with Crippen LogP contribution in [0.4, 0.5) is 22.0 Å². The molecule has 2 aliphatic carbocycles. The summed E-state index contributed by atoms with van der Waals surface area (Å²) in [4.78, 5) is 38.1. The van der Waals surface area contributed by atoms with Gasteiger partial charge in [-0.3, -0.25) is 14.1 Å². The SMILES string of the molecule is O=C(OC1C2CC3C1OC(=O)C3C2C(=O)OC(C(F)(F)F)C(F)(F)S(=O)(=O)O)c1ccc2ccccc2c1. The Morgan fingerprint density at radius 3 is 2.32 bits per heavy atom. The normalized spacial score (nSPS) is 29.3. The number of alkyl halides is 5. The Bertz CT molecular complexity index is 1440. The van der Waals surface area contributed by atoms with Gasteiger partial charge in [-0.05, 0) is 29.3 Å². The van der Waals surface area contributed by atoms with Gasteiger partial charge in [0.15, 0.2) is 0 Å². The zero-order chi connectivity index (χ0) is 27.8. The molecule has 9 nitrogen and oxygen atoms in total. The number of esters is 3. The number of fused-ring (bicyclic) bond motifs is 2. The Hall–Kier alpha value is -3.33. The summed E-state index contributed by atoms with van der Waals surface area (Å²) in [5, 5.41) is -4.42. The van der Waals surface area contributed by atoms with Crippen LogP contribution in [0.5, 0.6) is 0 Å². The molecule has 3 fully saturated rings. The van der Waals surface area contributed by atoms with Gasteiger partial charge in [-0.25, -0.2) is 4.79 Å². The Morgan fingerprint density at radius 2 is 1.68 bits per heavy atom. The summed E-state index contributed by atoms with van der Waals surface area (Å²) in [6.45, 7) is 0. The van der Waals surface area contributed by atoms with Crippen LogP contribution in [0.25, 0.3) is 10.8 Å². The van der Waals surface area contributed by atoms with E-state index in [2.05, 4.69) is 4.74 Å². The molecule has 1 aliphatic heterocycles. The summed E-state index contributed by atoms with van der Waals surface area (Å²) in [5.74, 6) is -8.91. The number of benzene rings is 2. The highest BCUT2D eigenvalue weighted by Gasteiger charge is 2.72. The van der Waals surface area contributed by atoms with Crippen molar-refractivity contribution in [2.24, 2.45) is 23.7 Å². The van der Waals surface area contributed by atoms with Gasteiger partial charge in [-0.1, -0.05) is 30.3 Å². The molecule has 2 bridgehead atoms. The van der Waals surface area contributed by atoms with E-state index in [0.29, 0.717) is 5.39 Å². The summed E-state index contributed by atoms with van der Waals surface area (Å²) < 4.78 is 113. The molecule has 0 radical (unpaired) electrons. The fourth-order valence-corrected chi connectivity index (χ4v) is 6.08. The third kappa shape index (κ3) is 4.08. The molecule has 2 aromatic rings. The number of ether oxygens (including phenoxy) is 3. The van der Waals surface area contributed by atoms with E-state index in [1.807, 2.05) is 0 Å². The van der Waals surface area contributed by atoms with Crippen molar-refractivity contribution in [1.29, 1.82) is 0 Å². The van der Waals surface area contributed by atoms with Gasteiger partial charge in [0.25, 0.3) is 6.10 Å². The second kappa shape index (κ2) is 8.59. The molecule has 1 heterocycles. The largest absolute Gasteiger partial charge is 0.458 e. The molecule has 204 valence electrons. The van der Waals surface area contributed by atoms with Crippen LogP contribution in [0.3, 0.4) is 0 Å². The summed E-state index contributed by atoms with van der Waals surface area (Å²) in [7, 11) is -6.65. The standard InChI is InChI=1S/C23H17F5O9S/c24-22(25,26)21(23(27,28)38(32,33)34)37-20(31)15-13-8-12-14(15)19(30)36-17(12)16(13)35-18(29)11-6-5-9-3-1-2-4-10(9)7-11/h1-7,12-17,21H,8H2,(H,32,33,34). The lowest BCUT2D eigenvalue weighted by Crippen LogP contribution is -2.54. The van der Waals surface area contributed by atoms with Gasteiger partial charge in [-0.2, -0.15) is 30.4 Å². The van der Waals surface area contributed by atoms with Crippen LogP contribution in [0, 0.1) is 23.7 Å². The number of carbonyl (C=O) groups excluding carboxylic acids is 3. The van der Waals surface area contributed by atoms with E-state index in [4.69, 9.17) is 14.0 Å². The lowest BCUT2D eigenvalue weighted by Gasteiger charge is -2.32. The molecule has 0 aromatic heterocycles. The van der Waals surface area contributed by atoms with Crippen molar-refractivity contribution in [1.82, 2.24) is 0 Å². The molecule has 0 amide bonds. The van der Waals surface area contributed by atoms with Crippen molar-refractivity contribution in [2.45, 2.75) is 36.2 Å². The Labute approximate surface area is 210 Å². The summed E-state index contributed by atoms with van der Waals surface area (Å²) in [6.07, 6.45) is -13.0. The first kappa shape index (κ1) is 26.3. The minimum absolute atomic E-state index is 0.0259. The van der Waals surface area contributed by atoms with Crippen LogP contribution < -0.4 is 0 Å². The fraction of sp³-hybridized carbons (Fsp3) is 0.435. The fourth-order valence-electron chi connectivity index (χ4n) is 5.63. The first-order chi connectivity index (χ1) is 17.6. The zero-order valence-corrected chi connectivity index (χ0v) is 19.6. The minimum atomic E-state index is -6.65. The first-order valence-corrected chi connectivity index (χ1v) is 12.6. The Balaban J connectivity index is 1.40. The molecule has 1 saturated heterocycles. The number of hydrogen-bond donors (Lipinski definition) is 1. The molecular formula is C23H17F5O9S. The molecule has 38 heavy (non-hydrogen) atoms. The number of halogens is 5. The lowest BCUT2D eigenvalue weighted by atomic mass is 9.78. The van der Waals surface area contributed by atoms with Crippen molar-refractivity contribution in [3.8, 4) is 0 Å². The zero-order valence-electron chi connectivity index (χ0n) is 18.8. The Morgan fingerprint density at radius 1 is 1.03 bits per heavy atom. The topological polar surface area (TPSA) is 133 Å². The average Bonchev–Trinajstić information content (AvgIpc) is 3.44. The molecular weight excluding hydrogens is 547 g/mol. The van der Waals surface area contributed by atoms with Gasteiger partial charge in [0, 0.05) is 11.8 Å². The van der Waals surface area contributed by atoms with E-state index in [1.165, 1.54) is 12.1 Å². The maximum absolute atomic E-state index is 13.9. The van der Waals surface area contributed by atoms with Crippen LogP contribution >= 0.6 is 0 Å². The van der Waals surface area contributed by atoms with Gasteiger partial charge in [0.2, 0.25) is 0 Å². The van der Waals surface area contributed by atoms with E-state index in [-0.39, 0.29) is 12.0 Å². The van der Waals surface area contributed by atoms with Crippen molar-refractivity contribution < 1.29 is 63.5 Å². The van der Waals surface area contributed by atoms with E-state index in [0.717, 1.165) is 5.39 Å². The summed E-state index contributed by atoms with van der Waals surface area (Å²) >= 11 is 0. The predicted molar refractivity (Wildman–Crippen MR) is 114 cm³/mol.